The number of nitrogens with one attached hydrogen (secondary N) is 1. The molecule has 0 unspecified atom stereocenters. The van der Waals surface area contributed by atoms with Crippen LogP contribution >= 0.6 is 0 Å². The lowest BCUT2D eigenvalue weighted by Gasteiger charge is -2.12. The molecule has 4 aromatic rings. The lowest BCUT2D eigenvalue weighted by atomic mass is 10.1. The summed E-state index contributed by atoms with van der Waals surface area (Å²) in [5.41, 5.74) is -0.151. The molecule has 0 spiro atoms. The van der Waals surface area contributed by atoms with Gasteiger partial charge in [-0.3, -0.25) is 23.9 Å². The van der Waals surface area contributed by atoms with E-state index in [2.05, 4.69) is 15.3 Å². The number of pyridine rings is 2. The number of rotatable bonds is 3. The van der Waals surface area contributed by atoms with Gasteiger partial charge in [-0.2, -0.15) is 16.8 Å². The third-order valence-corrected chi connectivity index (χ3v) is 5.68. The number of aromatic nitrogens is 2. The normalized spacial score (nSPS) is 10.8. The highest BCUT2D eigenvalue weighted by Crippen LogP contribution is 2.36. The van der Waals surface area contributed by atoms with E-state index in [-0.39, 0.29) is 16.5 Å². The second-order valence-electron chi connectivity index (χ2n) is 6.69. The predicted octanol–water partition coefficient (Wildman–Crippen LogP) is 3.16. The summed E-state index contributed by atoms with van der Waals surface area (Å²) < 4.78 is 63.1. The average molecular weight is 520 g/mol. The molecule has 4 N–H and O–H groups in total. The van der Waals surface area contributed by atoms with Crippen LogP contribution in [-0.4, -0.2) is 46.9 Å². The topological polar surface area (TPSA) is 184 Å². The number of amides is 1. The third-order valence-electron chi connectivity index (χ3n) is 4.01. The number of aromatic hydroxyl groups is 1. The Hall–Kier alpha value is -3.91. The van der Waals surface area contributed by atoms with Crippen LogP contribution in [-0.2, 0) is 25.0 Å². The van der Waals surface area contributed by atoms with Crippen LogP contribution in [0, 0.1) is 0 Å². The minimum absolute atomic E-state index is 0.0556. The first kappa shape index (κ1) is 27.3. The highest BCUT2D eigenvalue weighted by atomic mass is 32.2. The van der Waals surface area contributed by atoms with Crippen molar-refractivity contribution in [2.24, 2.45) is 0 Å². The summed E-state index contributed by atoms with van der Waals surface area (Å²) in [7, 11) is -9.32. The van der Waals surface area contributed by atoms with Gasteiger partial charge < -0.3 is 10.4 Å². The number of nitrogens with zero attached hydrogens (tertiary/aromatic N) is 2. The van der Waals surface area contributed by atoms with Crippen molar-refractivity contribution in [2.45, 2.75) is 16.7 Å². The molecule has 2 heterocycles. The molecule has 35 heavy (non-hydrogen) atoms. The van der Waals surface area contributed by atoms with E-state index >= 15 is 0 Å². The van der Waals surface area contributed by atoms with E-state index in [1.54, 1.807) is 24.8 Å². The van der Waals surface area contributed by atoms with Gasteiger partial charge in [0.25, 0.3) is 20.2 Å². The number of carbonyl (C=O) groups excluding carboxylic acids is 1. The van der Waals surface area contributed by atoms with E-state index in [0.29, 0.717) is 0 Å². The van der Waals surface area contributed by atoms with E-state index in [0.717, 1.165) is 31.2 Å². The van der Waals surface area contributed by atoms with E-state index in [9.17, 15) is 26.7 Å². The summed E-state index contributed by atoms with van der Waals surface area (Å²) in [6, 6.07) is 14.9. The molecule has 0 saturated heterocycles. The fraction of sp³-hybridized carbons (Fsp3) is 0.0455. The van der Waals surface area contributed by atoms with Gasteiger partial charge in [-0.05, 0) is 47.9 Å². The molecule has 1 amide bonds. The summed E-state index contributed by atoms with van der Waals surface area (Å²) in [5, 5.41) is 12.1. The van der Waals surface area contributed by atoms with Crippen molar-refractivity contribution in [3.63, 3.8) is 0 Å². The Morgan fingerprint density at radius 3 is 1.49 bits per heavy atom. The van der Waals surface area contributed by atoms with Gasteiger partial charge in [-0.15, -0.1) is 0 Å². The van der Waals surface area contributed by atoms with Gasteiger partial charge in [0.15, 0.2) is 0 Å². The van der Waals surface area contributed by atoms with Crippen LogP contribution < -0.4 is 5.32 Å². The Labute approximate surface area is 201 Å². The van der Waals surface area contributed by atoms with Crippen LogP contribution in [0.5, 0.6) is 5.75 Å². The maximum absolute atomic E-state index is 11.3. The Morgan fingerprint density at radius 2 is 1.17 bits per heavy atom. The number of benzene rings is 2. The van der Waals surface area contributed by atoms with Crippen LogP contribution in [0.4, 0.5) is 5.69 Å². The van der Waals surface area contributed by atoms with Crippen LogP contribution in [0.1, 0.15) is 6.92 Å². The van der Waals surface area contributed by atoms with Crippen molar-refractivity contribution in [1.82, 2.24) is 9.97 Å². The molecule has 0 fully saturated rings. The summed E-state index contributed by atoms with van der Waals surface area (Å²) in [4.78, 5) is 17.5. The lowest BCUT2D eigenvalue weighted by Crippen LogP contribution is -2.08. The van der Waals surface area contributed by atoms with Gasteiger partial charge in [0, 0.05) is 43.2 Å². The largest absolute Gasteiger partial charge is 0.507 e. The van der Waals surface area contributed by atoms with Crippen molar-refractivity contribution in [1.29, 1.82) is 0 Å². The zero-order chi connectivity index (χ0) is 26.1. The Morgan fingerprint density at radius 1 is 0.743 bits per heavy atom. The van der Waals surface area contributed by atoms with Crippen LogP contribution in [0.15, 0.2) is 95.2 Å². The van der Waals surface area contributed by atoms with Crippen molar-refractivity contribution >= 4 is 42.6 Å². The van der Waals surface area contributed by atoms with Crippen LogP contribution in [0.25, 0.3) is 10.8 Å². The summed E-state index contributed by atoms with van der Waals surface area (Å²) in [5.74, 6) is -1.20. The molecule has 0 atom stereocenters. The van der Waals surface area contributed by atoms with Gasteiger partial charge in [-0.25, -0.2) is 0 Å². The van der Waals surface area contributed by atoms with E-state index in [1.165, 1.54) is 0 Å². The monoisotopic (exact) mass is 519 g/mol. The molecular formula is C22H21N3O8S2. The Balaban J connectivity index is 0.000000290. The van der Waals surface area contributed by atoms with E-state index in [1.807, 2.05) is 36.4 Å². The van der Waals surface area contributed by atoms with Crippen molar-refractivity contribution in [3.8, 4) is 5.75 Å². The van der Waals surface area contributed by atoms with E-state index < -0.39 is 41.7 Å². The molecule has 0 bridgehead atoms. The van der Waals surface area contributed by atoms with Crippen molar-refractivity contribution in [2.75, 3.05) is 5.32 Å². The molecule has 0 saturated carbocycles. The third kappa shape index (κ3) is 8.75. The fourth-order valence-corrected chi connectivity index (χ4v) is 3.73. The molecule has 0 aliphatic heterocycles. The number of hydrogen-bond donors (Lipinski definition) is 4. The molecule has 184 valence electrons. The van der Waals surface area contributed by atoms with Gasteiger partial charge >= 0.3 is 0 Å². The van der Waals surface area contributed by atoms with Crippen LogP contribution in [0.3, 0.4) is 0 Å². The van der Waals surface area contributed by atoms with Gasteiger partial charge in [0.2, 0.25) is 5.91 Å². The van der Waals surface area contributed by atoms with Gasteiger partial charge in [0.05, 0.1) is 15.5 Å². The molecule has 13 heteroatoms. The zero-order valence-corrected chi connectivity index (χ0v) is 19.8. The lowest BCUT2D eigenvalue weighted by molar-refractivity contribution is -0.114. The van der Waals surface area contributed by atoms with Crippen molar-refractivity contribution < 1.29 is 35.8 Å². The number of phenols is 1. The fourth-order valence-electron chi connectivity index (χ4n) is 2.65. The van der Waals surface area contributed by atoms with Gasteiger partial charge in [0.1, 0.15) is 5.75 Å². The zero-order valence-electron chi connectivity index (χ0n) is 18.2. The smallest absolute Gasteiger partial charge is 0.294 e. The number of phenolic OH excluding ortho intramolecular Hbond substituents is 1. The Kier molecular flexibility index (Phi) is 9.36. The first-order valence-electron chi connectivity index (χ1n) is 9.63. The first-order chi connectivity index (χ1) is 16.4. The highest BCUT2D eigenvalue weighted by Gasteiger charge is 2.20. The Bertz CT molecular complexity index is 1410. The van der Waals surface area contributed by atoms with Crippen LogP contribution in [0.2, 0.25) is 0 Å². The summed E-state index contributed by atoms with van der Waals surface area (Å²) in [6.07, 6.45) is 7.00. The molecule has 11 nitrogen and oxygen atoms in total. The number of hydrogen-bond acceptors (Lipinski definition) is 8. The van der Waals surface area contributed by atoms with Crippen molar-refractivity contribution in [3.05, 3.63) is 85.5 Å². The molecule has 0 radical (unpaired) electrons. The predicted molar refractivity (Wildman–Crippen MR) is 128 cm³/mol. The molecule has 2 aromatic heterocycles. The molecule has 4 rings (SSSR count). The molecular weight excluding hydrogens is 498 g/mol. The maximum Gasteiger partial charge on any atom is 0.294 e. The number of fused-ring (bicyclic) bond motifs is 1. The number of anilines is 1. The summed E-state index contributed by atoms with van der Waals surface area (Å²) >= 11 is 0. The molecule has 0 aliphatic rings. The maximum atomic E-state index is 11.3. The standard InChI is InChI=1S/C12H11NO8S2.2C5H5N/c1-6(14)13-10-4-8(22(16,17)18)2-7-3-9(23(19,20)21)5-11(15)12(7)10;2*1-2-4-6-5-3-1/h2-5,15H,1H3,(H,13,14)(H,16,17,18)(H,19,20,21);2*1-5H. The first-order valence-corrected chi connectivity index (χ1v) is 12.5. The average Bonchev–Trinajstić information content (AvgIpc) is 2.80. The van der Waals surface area contributed by atoms with Gasteiger partial charge in [-0.1, -0.05) is 12.1 Å². The second-order valence-corrected chi connectivity index (χ2v) is 9.53. The minimum Gasteiger partial charge on any atom is -0.507 e. The highest BCUT2D eigenvalue weighted by molar-refractivity contribution is 7.86. The molecule has 0 aliphatic carbocycles. The second kappa shape index (κ2) is 12.0. The summed E-state index contributed by atoms with van der Waals surface area (Å²) in [6.45, 7) is 1.13. The molecule has 2 aromatic carbocycles. The minimum atomic E-state index is -4.66. The van der Waals surface area contributed by atoms with E-state index in [4.69, 9.17) is 9.11 Å². The number of carbonyl (C=O) groups is 1. The quantitative estimate of drug-likeness (QED) is 0.293. The SMILES string of the molecule is CC(=O)Nc1cc(S(=O)(=O)O)cc2cc(S(=O)(=O)O)cc(O)c12.c1ccncc1.c1ccncc1.